The van der Waals surface area contributed by atoms with Crippen molar-refractivity contribution < 1.29 is 14.7 Å². The number of thiazole rings is 1. The van der Waals surface area contributed by atoms with Crippen LogP contribution in [0.5, 0.6) is 0 Å². The second kappa shape index (κ2) is 7.65. The van der Waals surface area contributed by atoms with Crippen LogP contribution in [0.15, 0.2) is 5.38 Å². The lowest BCUT2D eigenvalue weighted by molar-refractivity contribution is 0.0691. The van der Waals surface area contributed by atoms with Gasteiger partial charge in [0.2, 0.25) is 0 Å². The molecule has 21 heavy (non-hydrogen) atoms. The Balaban J connectivity index is 1.71. The van der Waals surface area contributed by atoms with E-state index in [0.717, 1.165) is 30.9 Å². The number of thioether (sulfide) groups is 1. The third kappa shape index (κ3) is 4.89. The predicted octanol–water partition coefficient (Wildman–Crippen LogP) is 2.31. The number of nitrogens with zero attached hydrogens (tertiary/aromatic N) is 1. The molecule has 0 spiro atoms. The van der Waals surface area contributed by atoms with Crippen LogP contribution in [0.3, 0.4) is 0 Å². The smallest absolute Gasteiger partial charge is 0.355 e. The Morgan fingerprint density at radius 1 is 1.43 bits per heavy atom. The van der Waals surface area contributed by atoms with Crippen molar-refractivity contribution in [2.45, 2.75) is 43.5 Å². The van der Waals surface area contributed by atoms with Gasteiger partial charge in [0.05, 0.1) is 6.54 Å². The number of amides is 2. The molecule has 0 atom stereocenters. The molecule has 2 rings (SSSR count). The standard InChI is InChI=1S/C13H19N3O3S2/c1-20-9-4-2-8(3-5-9)15-13(19)14-6-11-16-10(7-21-11)12(17)18/h7-9H,2-6H2,1H3,(H,17,18)(H2,14,15,19). The molecule has 0 aliphatic heterocycles. The van der Waals surface area contributed by atoms with E-state index in [4.69, 9.17) is 5.11 Å². The van der Waals surface area contributed by atoms with Crippen LogP contribution in [-0.2, 0) is 6.54 Å². The molecule has 1 aromatic rings. The summed E-state index contributed by atoms with van der Waals surface area (Å²) in [4.78, 5) is 26.4. The molecule has 6 nitrogen and oxygen atoms in total. The van der Waals surface area contributed by atoms with Crippen LogP contribution in [0.1, 0.15) is 41.2 Å². The number of carboxylic acids is 1. The second-order valence-corrected chi connectivity index (χ2v) is 7.05. The Hall–Kier alpha value is -1.28. The van der Waals surface area contributed by atoms with Crippen molar-refractivity contribution in [1.29, 1.82) is 0 Å². The minimum Gasteiger partial charge on any atom is -0.476 e. The summed E-state index contributed by atoms with van der Waals surface area (Å²) in [6, 6.07) is 0.0222. The summed E-state index contributed by atoms with van der Waals surface area (Å²) < 4.78 is 0. The lowest BCUT2D eigenvalue weighted by Crippen LogP contribution is -2.43. The van der Waals surface area contributed by atoms with Gasteiger partial charge in [-0.3, -0.25) is 0 Å². The summed E-state index contributed by atoms with van der Waals surface area (Å²) in [5.74, 6) is -1.05. The maximum Gasteiger partial charge on any atom is 0.355 e. The highest BCUT2D eigenvalue weighted by Gasteiger charge is 2.21. The van der Waals surface area contributed by atoms with Crippen molar-refractivity contribution in [3.05, 3.63) is 16.1 Å². The van der Waals surface area contributed by atoms with E-state index in [-0.39, 0.29) is 24.3 Å². The van der Waals surface area contributed by atoms with Crippen LogP contribution in [0, 0.1) is 0 Å². The van der Waals surface area contributed by atoms with Crippen LogP contribution in [-0.4, -0.2) is 39.6 Å². The van der Waals surface area contributed by atoms with E-state index in [1.54, 1.807) is 0 Å². The quantitative estimate of drug-likeness (QED) is 0.771. The number of nitrogens with one attached hydrogen (secondary N) is 2. The fraction of sp³-hybridized carbons (Fsp3) is 0.615. The highest BCUT2D eigenvalue weighted by atomic mass is 32.2. The van der Waals surface area contributed by atoms with Gasteiger partial charge in [-0.1, -0.05) is 0 Å². The third-order valence-corrected chi connectivity index (χ3v) is 5.50. The molecule has 3 N–H and O–H groups in total. The fourth-order valence-corrected chi connectivity index (χ4v) is 3.78. The molecule has 116 valence electrons. The molecule has 1 aliphatic carbocycles. The van der Waals surface area contributed by atoms with Gasteiger partial charge in [0, 0.05) is 16.7 Å². The van der Waals surface area contributed by atoms with E-state index >= 15 is 0 Å². The molecule has 0 unspecified atom stereocenters. The van der Waals surface area contributed by atoms with Gasteiger partial charge in [-0.25, -0.2) is 14.6 Å². The zero-order chi connectivity index (χ0) is 15.2. The van der Waals surface area contributed by atoms with Gasteiger partial charge < -0.3 is 15.7 Å². The number of carbonyl (C=O) groups excluding carboxylic acids is 1. The normalized spacial score (nSPS) is 21.8. The van der Waals surface area contributed by atoms with Gasteiger partial charge in [0.25, 0.3) is 0 Å². The molecule has 0 aromatic carbocycles. The molecule has 0 saturated heterocycles. The van der Waals surface area contributed by atoms with Gasteiger partial charge >= 0.3 is 12.0 Å². The van der Waals surface area contributed by atoms with Crippen LogP contribution in [0.25, 0.3) is 0 Å². The summed E-state index contributed by atoms with van der Waals surface area (Å²) in [6.45, 7) is 0.254. The molecule has 2 amide bonds. The molecule has 1 saturated carbocycles. The minimum absolute atomic E-state index is 0.0209. The summed E-state index contributed by atoms with van der Waals surface area (Å²) in [5, 5.41) is 17.2. The Labute approximate surface area is 131 Å². The number of hydrogen-bond acceptors (Lipinski definition) is 5. The van der Waals surface area contributed by atoms with E-state index in [9.17, 15) is 9.59 Å². The number of hydrogen-bond donors (Lipinski definition) is 3. The Morgan fingerprint density at radius 3 is 2.71 bits per heavy atom. The Kier molecular flexibility index (Phi) is 5.86. The number of aromatic nitrogens is 1. The fourth-order valence-electron chi connectivity index (χ4n) is 2.33. The topological polar surface area (TPSA) is 91.3 Å². The summed E-state index contributed by atoms with van der Waals surface area (Å²) in [7, 11) is 0. The van der Waals surface area contributed by atoms with Gasteiger partial charge in [-0.05, 0) is 31.9 Å². The predicted molar refractivity (Wildman–Crippen MR) is 84.0 cm³/mol. The average Bonchev–Trinajstić information content (AvgIpc) is 2.95. The monoisotopic (exact) mass is 329 g/mol. The zero-order valence-electron chi connectivity index (χ0n) is 11.8. The van der Waals surface area contributed by atoms with Crippen molar-refractivity contribution in [1.82, 2.24) is 15.6 Å². The van der Waals surface area contributed by atoms with Crippen molar-refractivity contribution in [3.8, 4) is 0 Å². The van der Waals surface area contributed by atoms with Crippen molar-refractivity contribution in [2.75, 3.05) is 6.26 Å². The molecule has 1 heterocycles. The summed E-state index contributed by atoms with van der Waals surface area (Å²) >= 11 is 3.13. The Morgan fingerprint density at radius 2 is 2.14 bits per heavy atom. The maximum atomic E-state index is 11.8. The SMILES string of the molecule is CSC1CCC(NC(=O)NCc2nc(C(=O)O)cs2)CC1. The number of carbonyl (C=O) groups is 2. The van der Waals surface area contributed by atoms with Crippen LogP contribution in [0.4, 0.5) is 4.79 Å². The van der Waals surface area contributed by atoms with Gasteiger partial charge in [-0.2, -0.15) is 11.8 Å². The first-order valence-electron chi connectivity index (χ1n) is 6.83. The van der Waals surface area contributed by atoms with E-state index in [1.165, 1.54) is 16.7 Å². The third-order valence-electron chi connectivity index (χ3n) is 3.51. The minimum atomic E-state index is -1.05. The molecular formula is C13H19N3O3S2. The first-order valence-corrected chi connectivity index (χ1v) is 9.00. The van der Waals surface area contributed by atoms with E-state index in [0.29, 0.717) is 5.01 Å². The highest BCUT2D eigenvalue weighted by molar-refractivity contribution is 7.99. The van der Waals surface area contributed by atoms with Crippen molar-refractivity contribution >= 4 is 35.1 Å². The summed E-state index contributed by atoms with van der Waals surface area (Å²) in [6.07, 6.45) is 6.43. The van der Waals surface area contributed by atoms with Crippen LogP contribution >= 0.6 is 23.1 Å². The lowest BCUT2D eigenvalue weighted by atomic mass is 9.95. The Bertz CT molecular complexity index is 499. The number of rotatable bonds is 5. The zero-order valence-corrected chi connectivity index (χ0v) is 13.4. The van der Waals surface area contributed by atoms with Crippen LogP contribution in [0.2, 0.25) is 0 Å². The molecule has 1 fully saturated rings. The maximum absolute atomic E-state index is 11.8. The molecule has 0 bridgehead atoms. The summed E-state index contributed by atoms with van der Waals surface area (Å²) in [5.41, 5.74) is 0.0209. The second-order valence-electron chi connectivity index (χ2n) is 4.97. The molecule has 1 aliphatic rings. The number of aromatic carboxylic acids is 1. The van der Waals surface area contributed by atoms with Crippen molar-refractivity contribution in [2.24, 2.45) is 0 Å². The number of carboxylic acid groups (broad SMARTS) is 1. The van der Waals surface area contributed by atoms with E-state index in [2.05, 4.69) is 21.9 Å². The largest absolute Gasteiger partial charge is 0.476 e. The van der Waals surface area contributed by atoms with Gasteiger partial charge in [-0.15, -0.1) is 11.3 Å². The highest BCUT2D eigenvalue weighted by Crippen LogP contribution is 2.26. The molecule has 8 heteroatoms. The first kappa shape index (κ1) is 16.1. The average molecular weight is 329 g/mol. The van der Waals surface area contributed by atoms with Gasteiger partial charge in [0.1, 0.15) is 5.01 Å². The van der Waals surface area contributed by atoms with Crippen LogP contribution < -0.4 is 10.6 Å². The first-order chi connectivity index (χ1) is 10.1. The van der Waals surface area contributed by atoms with E-state index < -0.39 is 5.97 Å². The van der Waals surface area contributed by atoms with Crippen molar-refractivity contribution in [3.63, 3.8) is 0 Å². The number of urea groups is 1. The lowest BCUT2D eigenvalue weighted by Gasteiger charge is -2.27. The van der Waals surface area contributed by atoms with Gasteiger partial charge in [0.15, 0.2) is 5.69 Å². The molecule has 0 radical (unpaired) electrons. The molecule has 1 aromatic heterocycles. The molecular weight excluding hydrogens is 310 g/mol. The van der Waals surface area contributed by atoms with E-state index in [1.807, 2.05) is 11.8 Å².